The third-order valence-electron chi connectivity index (χ3n) is 5.20. The number of morpholine rings is 1. The Balaban J connectivity index is 1.37. The summed E-state index contributed by atoms with van der Waals surface area (Å²) in [6.07, 6.45) is 2.73. The van der Waals surface area contributed by atoms with Crippen LogP contribution >= 0.6 is 0 Å². The Morgan fingerprint density at radius 2 is 1.93 bits per heavy atom. The molecular weight excluding hydrogens is 340 g/mol. The number of carbonyl (C=O) groups excluding carboxylic acids is 1. The molecule has 27 heavy (non-hydrogen) atoms. The molecule has 0 radical (unpaired) electrons. The molecule has 3 heterocycles. The zero-order valence-corrected chi connectivity index (χ0v) is 15.5. The Morgan fingerprint density at radius 1 is 1.11 bits per heavy atom. The lowest BCUT2D eigenvalue weighted by atomic mass is 10.2. The van der Waals surface area contributed by atoms with Crippen LogP contribution in [-0.4, -0.2) is 61.2 Å². The van der Waals surface area contributed by atoms with E-state index in [1.165, 1.54) is 5.56 Å². The van der Waals surface area contributed by atoms with E-state index in [-0.39, 0.29) is 11.9 Å². The van der Waals surface area contributed by atoms with Gasteiger partial charge in [-0.15, -0.1) is 0 Å². The van der Waals surface area contributed by atoms with Crippen LogP contribution in [0.5, 0.6) is 0 Å². The van der Waals surface area contributed by atoms with E-state index in [1.807, 2.05) is 18.2 Å². The van der Waals surface area contributed by atoms with Crippen molar-refractivity contribution in [2.75, 3.05) is 44.3 Å². The minimum Gasteiger partial charge on any atom is -0.378 e. The molecule has 0 saturated carbocycles. The van der Waals surface area contributed by atoms with Gasteiger partial charge in [0.2, 0.25) is 0 Å². The number of nitrogens with zero attached hydrogens (tertiary/aromatic N) is 3. The van der Waals surface area contributed by atoms with Crippen molar-refractivity contribution in [2.45, 2.75) is 19.0 Å². The van der Waals surface area contributed by atoms with Crippen molar-refractivity contribution in [1.82, 2.24) is 15.2 Å². The van der Waals surface area contributed by atoms with E-state index in [0.717, 1.165) is 45.0 Å². The second-order valence-electron chi connectivity index (χ2n) is 7.15. The maximum absolute atomic E-state index is 12.9. The summed E-state index contributed by atoms with van der Waals surface area (Å²) in [6.45, 7) is 5.71. The molecule has 1 aromatic heterocycles. The fraction of sp³-hybridized carbons (Fsp3) is 0.429. The molecule has 2 fully saturated rings. The molecular formula is C21H26N4O2. The van der Waals surface area contributed by atoms with Crippen LogP contribution in [0.25, 0.3) is 0 Å². The van der Waals surface area contributed by atoms with Crippen LogP contribution in [0.4, 0.5) is 5.82 Å². The highest BCUT2D eigenvalue weighted by atomic mass is 16.5. The first-order valence-corrected chi connectivity index (χ1v) is 9.64. The highest BCUT2D eigenvalue weighted by molar-refractivity contribution is 5.99. The minimum absolute atomic E-state index is 0.0313. The predicted octanol–water partition coefficient (Wildman–Crippen LogP) is 1.92. The molecule has 1 N–H and O–H groups in total. The van der Waals surface area contributed by atoms with Crippen LogP contribution in [0.3, 0.4) is 0 Å². The number of benzene rings is 1. The normalized spacial score (nSPS) is 20.6. The Bertz CT molecular complexity index is 762. The maximum atomic E-state index is 12.9. The Hall–Kier alpha value is -2.44. The molecule has 1 aromatic carbocycles. The molecule has 6 nitrogen and oxygen atoms in total. The van der Waals surface area contributed by atoms with Crippen molar-refractivity contribution in [3.05, 3.63) is 59.8 Å². The number of aromatic nitrogens is 1. The lowest BCUT2D eigenvalue weighted by Gasteiger charge is -2.29. The van der Waals surface area contributed by atoms with E-state index in [4.69, 9.17) is 4.74 Å². The average Bonchev–Trinajstić information content (AvgIpc) is 3.16. The zero-order chi connectivity index (χ0) is 18.5. The number of likely N-dealkylation sites (tertiary alicyclic amines) is 1. The Morgan fingerprint density at radius 3 is 2.74 bits per heavy atom. The molecule has 0 spiro atoms. The van der Waals surface area contributed by atoms with Gasteiger partial charge in [0.25, 0.3) is 5.91 Å². The summed E-state index contributed by atoms with van der Waals surface area (Å²) in [5.74, 6) is 0.730. The van der Waals surface area contributed by atoms with Gasteiger partial charge in [0.1, 0.15) is 5.82 Å². The molecule has 6 heteroatoms. The van der Waals surface area contributed by atoms with Gasteiger partial charge in [-0.3, -0.25) is 9.69 Å². The van der Waals surface area contributed by atoms with E-state index < -0.39 is 0 Å². The predicted molar refractivity (Wildman–Crippen MR) is 105 cm³/mol. The van der Waals surface area contributed by atoms with E-state index in [9.17, 15) is 4.79 Å². The number of ether oxygens (including phenoxy) is 1. The number of rotatable bonds is 5. The van der Waals surface area contributed by atoms with Gasteiger partial charge in [0.05, 0.1) is 18.8 Å². The molecule has 1 unspecified atom stereocenters. The highest BCUT2D eigenvalue weighted by Crippen LogP contribution is 2.20. The van der Waals surface area contributed by atoms with Gasteiger partial charge in [-0.05, 0) is 24.1 Å². The van der Waals surface area contributed by atoms with Crippen molar-refractivity contribution in [1.29, 1.82) is 0 Å². The second kappa shape index (κ2) is 8.50. The first-order chi connectivity index (χ1) is 13.3. The standard InChI is InChI=1S/C21H26N4O2/c26-21(19-7-4-9-22-20(19)25-11-13-27-14-12-25)23-18-8-10-24(16-18)15-17-5-2-1-3-6-17/h1-7,9,18H,8,10-16H2,(H,23,26). The van der Waals surface area contributed by atoms with E-state index in [2.05, 4.69) is 44.4 Å². The summed E-state index contributed by atoms with van der Waals surface area (Å²) in [6, 6.07) is 14.3. The number of nitrogens with one attached hydrogen (secondary N) is 1. The van der Waals surface area contributed by atoms with Gasteiger partial charge in [-0.2, -0.15) is 0 Å². The molecule has 1 amide bonds. The van der Waals surface area contributed by atoms with Gasteiger partial charge in [-0.25, -0.2) is 4.98 Å². The lowest BCUT2D eigenvalue weighted by Crippen LogP contribution is -2.40. The summed E-state index contributed by atoms with van der Waals surface area (Å²) in [5.41, 5.74) is 1.97. The summed E-state index contributed by atoms with van der Waals surface area (Å²) >= 11 is 0. The van der Waals surface area contributed by atoms with Crippen LogP contribution in [0.2, 0.25) is 0 Å². The summed E-state index contributed by atoms with van der Waals surface area (Å²) in [7, 11) is 0. The van der Waals surface area contributed by atoms with Crippen molar-refractivity contribution in [3.63, 3.8) is 0 Å². The van der Waals surface area contributed by atoms with Crippen molar-refractivity contribution in [3.8, 4) is 0 Å². The first kappa shape index (κ1) is 17.9. The molecule has 2 saturated heterocycles. The molecule has 0 aliphatic carbocycles. The zero-order valence-electron chi connectivity index (χ0n) is 15.5. The second-order valence-corrected chi connectivity index (χ2v) is 7.15. The topological polar surface area (TPSA) is 57.7 Å². The Labute approximate surface area is 160 Å². The third kappa shape index (κ3) is 4.46. The van der Waals surface area contributed by atoms with Gasteiger partial charge in [0, 0.05) is 45.0 Å². The number of anilines is 1. The van der Waals surface area contributed by atoms with Crippen molar-refractivity contribution in [2.24, 2.45) is 0 Å². The van der Waals surface area contributed by atoms with Crippen LogP contribution in [0.15, 0.2) is 48.7 Å². The number of hydrogen-bond donors (Lipinski definition) is 1. The quantitative estimate of drug-likeness (QED) is 0.876. The molecule has 2 aromatic rings. The van der Waals surface area contributed by atoms with Crippen LogP contribution in [0.1, 0.15) is 22.3 Å². The van der Waals surface area contributed by atoms with Crippen LogP contribution in [-0.2, 0) is 11.3 Å². The number of carbonyl (C=O) groups is 1. The van der Waals surface area contributed by atoms with Gasteiger partial charge in [0.15, 0.2) is 0 Å². The Kier molecular flexibility index (Phi) is 5.65. The van der Waals surface area contributed by atoms with Crippen LogP contribution < -0.4 is 10.2 Å². The first-order valence-electron chi connectivity index (χ1n) is 9.64. The average molecular weight is 366 g/mol. The number of pyridine rings is 1. The van der Waals surface area contributed by atoms with Gasteiger partial charge < -0.3 is 15.0 Å². The molecule has 2 aliphatic heterocycles. The summed E-state index contributed by atoms with van der Waals surface area (Å²) in [5, 5.41) is 3.21. The van der Waals surface area contributed by atoms with Crippen molar-refractivity contribution >= 4 is 11.7 Å². The molecule has 1 atom stereocenters. The molecule has 2 aliphatic rings. The summed E-state index contributed by atoms with van der Waals surface area (Å²) < 4.78 is 5.41. The number of amides is 1. The summed E-state index contributed by atoms with van der Waals surface area (Å²) in [4.78, 5) is 21.9. The fourth-order valence-electron chi connectivity index (χ4n) is 3.80. The van der Waals surface area contributed by atoms with E-state index >= 15 is 0 Å². The number of hydrogen-bond acceptors (Lipinski definition) is 5. The van der Waals surface area contributed by atoms with Crippen molar-refractivity contribution < 1.29 is 9.53 Å². The smallest absolute Gasteiger partial charge is 0.255 e. The third-order valence-corrected chi connectivity index (χ3v) is 5.20. The molecule has 0 bridgehead atoms. The van der Waals surface area contributed by atoms with Gasteiger partial charge in [-0.1, -0.05) is 30.3 Å². The minimum atomic E-state index is -0.0313. The maximum Gasteiger partial charge on any atom is 0.255 e. The lowest BCUT2D eigenvalue weighted by molar-refractivity contribution is 0.0935. The largest absolute Gasteiger partial charge is 0.378 e. The van der Waals surface area contributed by atoms with E-state index in [1.54, 1.807) is 6.20 Å². The fourth-order valence-corrected chi connectivity index (χ4v) is 3.80. The van der Waals surface area contributed by atoms with Gasteiger partial charge >= 0.3 is 0 Å². The van der Waals surface area contributed by atoms with E-state index in [0.29, 0.717) is 18.8 Å². The highest BCUT2D eigenvalue weighted by Gasteiger charge is 2.26. The molecule has 4 rings (SSSR count). The molecule has 142 valence electrons. The SMILES string of the molecule is O=C(NC1CCN(Cc2ccccc2)C1)c1cccnc1N1CCOCC1. The van der Waals surface area contributed by atoms with Crippen LogP contribution in [0, 0.1) is 0 Å². The monoisotopic (exact) mass is 366 g/mol.